The summed E-state index contributed by atoms with van der Waals surface area (Å²) in [4.78, 5) is 24.0. The smallest absolute Gasteiger partial charge is 0.258 e. The highest BCUT2D eigenvalue weighted by atomic mass is 32.2. The Balaban J connectivity index is 0.00000220. The first kappa shape index (κ1) is 16.8. The molecule has 0 fully saturated rings. The molecule has 112 valence electrons. The van der Waals surface area contributed by atoms with E-state index in [0.717, 1.165) is 16.7 Å². The van der Waals surface area contributed by atoms with E-state index in [4.69, 9.17) is 0 Å². The maximum absolute atomic E-state index is 12.2. The van der Waals surface area contributed by atoms with Crippen LogP contribution in [0, 0.1) is 6.92 Å². The first-order valence-electron chi connectivity index (χ1n) is 5.75. The molecule has 0 saturated heterocycles. The number of nitrogens with zero attached hydrogens (tertiary/aromatic N) is 4. The number of tetrazole rings is 1. The number of aldehydes is 1. The fraction of sp³-hybridized carbons (Fsp3) is 0.308. The maximum Gasteiger partial charge on any atom is 0.258 e. The van der Waals surface area contributed by atoms with Gasteiger partial charge in [0.25, 0.3) is 5.91 Å². The Bertz CT molecular complexity index is 669. The molecule has 2 aromatic rings. The zero-order valence-corrected chi connectivity index (χ0v) is 12.1. The molecule has 8 heteroatoms. The monoisotopic (exact) mass is 307 g/mol. The normalized spacial score (nSPS) is 9.86. The molecular weight excluding hydrogens is 290 g/mol. The van der Waals surface area contributed by atoms with Gasteiger partial charge in [0, 0.05) is 23.1 Å². The van der Waals surface area contributed by atoms with Crippen molar-refractivity contribution < 1.29 is 9.59 Å². The molecule has 0 saturated carbocycles. The fourth-order valence-corrected chi connectivity index (χ4v) is 2.59. The lowest BCUT2D eigenvalue weighted by molar-refractivity contribution is 0.102. The molecule has 1 aromatic heterocycles. The van der Waals surface area contributed by atoms with Crippen LogP contribution in [0.5, 0.6) is 0 Å². The van der Waals surface area contributed by atoms with Crippen molar-refractivity contribution in [3.8, 4) is 0 Å². The van der Waals surface area contributed by atoms with Crippen LogP contribution in [0.25, 0.3) is 0 Å². The first-order chi connectivity index (χ1) is 9.58. The molecule has 0 atom stereocenters. The summed E-state index contributed by atoms with van der Waals surface area (Å²) in [5.74, 6) is -0.0484. The third-order valence-corrected chi connectivity index (χ3v) is 3.81. The second-order valence-electron chi connectivity index (χ2n) is 4.06. The Morgan fingerprint density at radius 1 is 1.43 bits per heavy atom. The third-order valence-electron chi connectivity index (χ3n) is 2.86. The Kier molecular flexibility index (Phi) is 5.60. The molecule has 0 aliphatic rings. The van der Waals surface area contributed by atoms with Crippen LogP contribution in [0.1, 0.15) is 33.7 Å². The Labute approximate surface area is 127 Å². The van der Waals surface area contributed by atoms with Crippen molar-refractivity contribution in [3.05, 3.63) is 28.8 Å². The van der Waals surface area contributed by atoms with Gasteiger partial charge in [0.1, 0.15) is 0 Å². The van der Waals surface area contributed by atoms with Gasteiger partial charge in [-0.2, -0.15) is 0 Å². The molecule has 0 unspecified atom stereocenters. The van der Waals surface area contributed by atoms with Gasteiger partial charge < -0.3 is 0 Å². The van der Waals surface area contributed by atoms with Crippen LogP contribution in [0.2, 0.25) is 0 Å². The lowest BCUT2D eigenvalue weighted by Gasteiger charge is -2.11. The van der Waals surface area contributed by atoms with Crippen molar-refractivity contribution in [1.29, 1.82) is 0 Å². The predicted octanol–water partition coefficient (Wildman–Crippen LogP) is 1.94. The second-order valence-corrected chi connectivity index (χ2v) is 4.88. The van der Waals surface area contributed by atoms with E-state index in [1.807, 2.05) is 13.2 Å². The van der Waals surface area contributed by atoms with E-state index in [9.17, 15) is 9.59 Å². The number of aryl methyl sites for hydroxylation is 1. The van der Waals surface area contributed by atoms with Gasteiger partial charge in [0.15, 0.2) is 6.29 Å². The summed E-state index contributed by atoms with van der Waals surface area (Å²) in [7, 11) is 1.63. The number of rotatable bonds is 4. The van der Waals surface area contributed by atoms with Crippen LogP contribution >= 0.6 is 11.8 Å². The van der Waals surface area contributed by atoms with Crippen molar-refractivity contribution in [3.63, 3.8) is 0 Å². The Hall–Kier alpha value is -2.22. The average Bonchev–Trinajstić information content (AvgIpc) is 2.83. The van der Waals surface area contributed by atoms with E-state index >= 15 is 0 Å². The second kappa shape index (κ2) is 6.98. The average molecular weight is 307 g/mol. The van der Waals surface area contributed by atoms with Crippen LogP contribution in [-0.2, 0) is 7.05 Å². The summed E-state index contributed by atoms with van der Waals surface area (Å²) >= 11 is 1.43. The van der Waals surface area contributed by atoms with E-state index < -0.39 is 0 Å². The fourth-order valence-electron chi connectivity index (χ4n) is 1.83. The lowest BCUT2D eigenvalue weighted by Crippen LogP contribution is -2.17. The van der Waals surface area contributed by atoms with Crippen molar-refractivity contribution in [2.75, 3.05) is 11.6 Å². The lowest BCUT2D eigenvalue weighted by atomic mass is 10.0. The summed E-state index contributed by atoms with van der Waals surface area (Å²) in [5, 5.41) is 13.4. The van der Waals surface area contributed by atoms with Gasteiger partial charge in [-0.25, -0.2) is 4.68 Å². The topological polar surface area (TPSA) is 89.8 Å². The van der Waals surface area contributed by atoms with E-state index in [1.54, 1.807) is 19.2 Å². The van der Waals surface area contributed by atoms with Crippen LogP contribution in [0.15, 0.2) is 17.0 Å². The zero-order valence-electron chi connectivity index (χ0n) is 11.2. The number of thioether (sulfide) groups is 1. The molecule has 7 nitrogen and oxygen atoms in total. The number of nitrogens with one attached hydrogen (secondary N) is 1. The molecule has 2 rings (SSSR count). The van der Waals surface area contributed by atoms with Crippen molar-refractivity contribution >= 4 is 29.9 Å². The van der Waals surface area contributed by atoms with E-state index in [2.05, 4.69) is 20.8 Å². The van der Waals surface area contributed by atoms with Crippen LogP contribution in [-0.4, -0.2) is 38.7 Å². The molecule has 1 aromatic carbocycles. The molecular formula is C13H17N5O2S. The standard InChI is InChI=1S/C12H13N5O2S.CH4/c1-7-9(5-4-8(6-18)10(7)20-3)11(19)13-12-14-15-16-17(12)2;/h4-6H,1-3H3,(H,13,14,16,19);1H4. The number of carbonyl (C=O) groups is 2. The van der Waals surface area contributed by atoms with Gasteiger partial charge in [0.2, 0.25) is 5.95 Å². The largest absolute Gasteiger partial charge is 0.298 e. The number of hydrogen-bond acceptors (Lipinski definition) is 6. The predicted molar refractivity (Wildman–Crippen MR) is 81.8 cm³/mol. The van der Waals surface area contributed by atoms with E-state index in [-0.39, 0.29) is 19.3 Å². The van der Waals surface area contributed by atoms with Gasteiger partial charge in [-0.3, -0.25) is 14.9 Å². The molecule has 0 radical (unpaired) electrons. The third kappa shape index (κ3) is 3.27. The summed E-state index contributed by atoms with van der Waals surface area (Å²) in [6.07, 6.45) is 2.65. The minimum absolute atomic E-state index is 0. The number of benzene rings is 1. The maximum atomic E-state index is 12.2. The van der Waals surface area contributed by atoms with E-state index in [1.165, 1.54) is 16.4 Å². The number of amides is 1. The number of carbonyl (C=O) groups excluding carboxylic acids is 2. The first-order valence-corrected chi connectivity index (χ1v) is 6.97. The molecule has 21 heavy (non-hydrogen) atoms. The highest BCUT2D eigenvalue weighted by Crippen LogP contribution is 2.26. The molecule has 0 bridgehead atoms. The molecule has 0 aliphatic carbocycles. The van der Waals surface area contributed by atoms with Crippen LogP contribution in [0.4, 0.5) is 5.95 Å². The number of anilines is 1. The van der Waals surface area contributed by atoms with Crippen LogP contribution in [0.3, 0.4) is 0 Å². The van der Waals surface area contributed by atoms with Crippen LogP contribution < -0.4 is 5.32 Å². The summed E-state index contributed by atoms with van der Waals surface area (Å²) < 4.78 is 1.36. The Morgan fingerprint density at radius 2 is 2.14 bits per heavy atom. The molecule has 1 amide bonds. The zero-order chi connectivity index (χ0) is 14.7. The van der Waals surface area contributed by atoms with Crippen molar-refractivity contribution in [2.24, 2.45) is 7.05 Å². The quantitative estimate of drug-likeness (QED) is 0.686. The summed E-state index contributed by atoms with van der Waals surface area (Å²) in [6.45, 7) is 1.81. The molecule has 1 heterocycles. The van der Waals surface area contributed by atoms with Crippen molar-refractivity contribution in [2.45, 2.75) is 19.2 Å². The van der Waals surface area contributed by atoms with Gasteiger partial charge in [-0.15, -0.1) is 11.8 Å². The summed E-state index contributed by atoms with van der Waals surface area (Å²) in [5.41, 5.74) is 1.82. The highest BCUT2D eigenvalue weighted by Gasteiger charge is 2.16. The minimum Gasteiger partial charge on any atom is -0.298 e. The Morgan fingerprint density at radius 3 is 2.67 bits per heavy atom. The molecule has 0 spiro atoms. The SMILES string of the molecule is C.CSc1c(C=O)ccc(C(=O)Nc2nnnn2C)c1C. The van der Waals surface area contributed by atoms with E-state index in [0.29, 0.717) is 11.1 Å². The minimum atomic E-state index is -0.312. The highest BCUT2D eigenvalue weighted by molar-refractivity contribution is 7.98. The number of aromatic nitrogens is 4. The number of hydrogen-bond donors (Lipinski definition) is 1. The molecule has 0 aliphatic heterocycles. The van der Waals surface area contributed by atoms with Gasteiger partial charge in [0.05, 0.1) is 0 Å². The van der Waals surface area contributed by atoms with Gasteiger partial charge in [-0.1, -0.05) is 12.5 Å². The van der Waals surface area contributed by atoms with Crippen molar-refractivity contribution in [1.82, 2.24) is 20.2 Å². The molecule has 1 N–H and O–H groups in total. The summed E-state index contributed by atoms with van der Waals surface area (Å²) in [6, 6.07) is 3.26. The van der Waals surface area contributed by atoms with Gasteiger partial charge in [-0.05, 0) is 41.3 Å². The van der Waals surface area contributed by atoms with Gasteiger partial charge >= 0.3 is 0 Å².